The first-order valence-corrected chi connectivity index (χ1v) is 21.2. The van der Waals surface area contributed by atoms with Crippen molar-refractivity contribution in [3.63, 3.8) is 0 Å². The molecule has 0 aliphatic heterocycles. The molecule has 0 aliphatic carbocycles. The van der Waals surface area contributed by atoms with Crippen molar-refractivity contribution < 1.29 is 4.42 Å². The molecule has 0 atom stereocenters. The maximum absolute atomic E-state index is 6.68. The summed E-state index contributed by atoms with van der Waals surface area (Å²) in [7, 11) is 0. The largest absolute Gasteiger partial charge is 0.455 e. The van der Waals surface area contributed by atoms with Gasteiger partial charge in [-0.3, -0.25) is 0 Å². The molecule has 0 radical (unpaired) electrons. The van der Waals surface area contributed by atoms with Crippen molar-refractivity contribution >= 4 is 71.3 Å². The number of fused-ring (bicyclic) bond motifs is 7. The fraction of sp³-hybridized carbons (Fsp3) is 0. The Hall–Kier alpha value is -8.20. The summed E-state index contributed by atoms with van der Waals surface area (Å²) in [6, 6.07) is 85.5. The Balaban J connectivity index is 0.985. The van der Waals surface area contributed by atoms with Crippen LogP contribution in [-0.2, 0) is 0 Å². The fourth-order valence-corrected chi connectivity index (χ4v) is 9.32. The van der Waals surface area contributed by atoms with E-state index >= 15 is 0 Å². The Bertz CT molecular complexity index is 3630. The molecule has 11 aromatic carbocycles. The molecule has 0 spiro atoms. The molecule has 0 unspecified atom stereocenters. The molecule has 12 rings (SSSR count). The quantitative estimate of drug-likeness (QED) is 0.160. The van der Waals surface area contributed by atoms with Crippen LogP contribution in [0.5, 0.6) is 0 Å². The summed E-state index contributed by atoms with van der Waals surface area (Å²) in [4.78, 5) is 2.41. The predicted octanol–water partition coefficient (Wildman–Crippen LogP) is 17.2. The van der Waals surface area contributed by atoms with Crippen molar-refractivity contribution in [3.05, 3.63) is 237 Å². The van der Waals surface area contributed by atoms with Gasteiger partial charge in [-0.05, 0) is 120 Å². The number of hydrogen-bond donors (Lipinski definition) is 0. The molecule has 0 fully saturated rings. The smallest absolute Gasteiger partial charge is 0.143 e. The zero-order valence-corrected chi connectivity index (χ0v) is 33.9. The topological polar surface area (TPSA) is 16.4 Å². The van der Waals surface area contributed by atoms with Gasteiger partial charge in [-0.15, -0.1) is 0 Å². The summed E-state index contributed by atoms with van der Waals surface area (Å²) in [5, 5.41) is 9.50. The molecule has 0 N–H and O–H groups in total. The highest BCUT2D eigenvalue weighted by Gasteiger charge is 2.21. The highest BCUT2D eigenvalue weighted by Crippen LogP contribution is 2.46. The van der Waals surface area contributed by atoms with Gasteiger partial charge in [-0.1, -0.05) is 182 Å². The van der Waals surface area contributed by atoms with Gasteiger partial charge in [-0.25, -0.2) is 0 Å². The van der Waals surface area contributed by atoms with Crippen molar-refractivity contribution in [2.45, 2.75) is 0 Å². The van der Waals surface area contributed by atoms with Gasteiger partial charge in [0.25, 0.3) is 0 Å². The number of nitrogens with zero attached hydrogens (tertiary/aromatic N) is 1. The van der Waals surface area contributed by atoms with E-state index in [0.717, 1.165) is 61.1 Å². The summed E-state index contributed by atoms with van der Waals surface area (Å²) in [6.07, 6.45) is 0. The van der Waals surface area contributed by atoms with E-state index < -0.39 is 0 Å². The van der Waals surface area contributed by atoms with Crippen molar-refractivity contribution in [1.29, 1.82) is 0 Å². The molecule has 0 aliphatic rings. The van der Waals surface area contributed by atoms with Crippen LogP contribution in [-0.4, -0.2) is 0 Å². The fourth-order valence-electron chi connectivity index (χ4n) is 9.32. The summed E-state index contributed by atoms with van der Waals surface area (Å²) < 4.78 is 6.68. The average Bonchev–Trinajstić information content (AvgIpc) is 3.74. The third-order valence-corrected chi connectivity index (χ3v) is 12.4. The van der Waals surface area contributed by atoms with Crippen molar-refractivity contribution in [2.75, 3.05) is 4.90 Å². The third kappa shape index (κ3) is 6.20. The lowest BCUT2D eigenvalue weighted by atomic mass is 9.95. The number of anilines is 3. The van der Waals surface area contributed by atoms with Crippen LogP contribution in [0.4, 0.5) is 17.1 Å². The monoisotopic (exact) mass is 789 g/mol. The number of benzene rings is 11. The van der Waals surface area contributed by atoms with Crippen molar-refractivity contribution in [3.8, 4) is 44.5 Å². The third-order valence-electron chi connectivity index (χ3n) is 12.4. The van der Waals surface area contributed by atoms with Crippen LogP contribution in [0.3, 0.4) is 0 Å². The van der Waals surface area contributed by atoms with Crippen molar-refractivity contribution in [1.82, 2.24) is 0 Å². The highest BCUT2D eigenvalue weighted by atomic mass is 16.3. The van der Waals surface area contributed by atoms with E-state index in [1.165, 1.54) is 54.7 Å². The predicted molar refractivity (Wildman–Crippen MR) is 263 cm³/mol. The van der Waals surface area contributed by atoms with Crippen LogP contribution in [0.1, 0.15) is 0 Å². The molecule has 0 saturated carbocycles. The first-order valence-electron chi connectivity index (χ1n) is 21.2. The minimum Gasteiger partial charge on any atom is -0.455 e. The second-order valence-corrected chi connectivity index (χ2v) is 16.1. The maximum atomic E-state index is 6.68. The second-order valence-electron chi connectivity index (χ2n) is 16.1. The van der Waals surface area contributed by atoms with Gasteiger partial charge < -0.3 is 9.32 Å². The minimum absolute atomic E-state index is 0.879. The minimum atomic E-state index is 0.879. The Morgan fingerprint density at radius 1 is 0.290 bits per heavy atom. The summed E-state index contributed by atoms with van der Waals surface area (Å²) in [5.41, 5.74) is 14.4. The van der Waals surface area contributed by atoms with E-state index in [-0.39, 0.29) is 0 Å². The SMILES string of the molecule is c1cc(-c2ccc3ccccc3c2)cc(N(c2ccc(-c3ccc(-c4ccc5ccccc5c4)cc3)cc2)c2ccccc2-c2cccc3oc4c5ccccc5ccc4c23)c1. The van der Waals surface area contributed by atoms with Crippen molar-refractivity contribution in [2.24, 2.45) is 0 Å². The molecule has 0 amide bonds. The van der Waals surface area contributed by atoms with E-state index in [2.05, 4.69) is 241 Å². The molecule has 2 heteroatoms. The van der Waals surface area contributed by atoms with Crippen LogP contribution in [0, 0.1) is 0 Å². The molecule has 290 valence electrons. The van der Waals surface area contributed by atoms with Gasteiger partial charge in [0.2, 0.25) is 0 Å². The Labute approximate surface area is 360 Å². The second kappa shape index (κ2) is 14.8. The lowest BCUT2D eigenvalue weighted by molar-refractivity contribution is 0.673. The first-order chi connectivity index (χ1) is 30.7. The Morgan fingerprint density at radius 2 is 0.806 bits per heavy atom. The molecule has 62 heavy (non-hydrogen) atoms. The maximum Gasteiger partial charge on any atom is 0.143 e. The molecule has 1 heterocycles. The van der Waals surface area contributed by atoms with Crippen LogP contribution < -0.4 is 4.90 Å². The Kier molecular flexibility index (Phi) is 8.53. The number of rotatable bonds is 7. The standard InChI is InChI=1S/C60H39NO/c1-3-14-46-37-49(29-27-40(46)11-1)44-25-23-42(24-26-44)43-31-34-51(35-32-43)61(52-17-9-16-48(39-52)50-30-28-41-12-2-4-15-47(41)38-50)57-21-8-7-19-54(57)55-20-10-22-58-59(55)56-36-33-45-13-5-6-18-53(45)60(56)62-58/h1-39H. The summed E-state index contributed by atoms with van der Waals surface area (Å²) in [5.74, 6) is 0. The Morgan fingerprint density at radius 3 is 1.53 bits per heavy atom. The molecular weight excluding hydrogens is 751 g/mol. The number of hydrogen-bond acceptors (Lipinski definition) is 2. The van der Waals surface area contributed by atoms with Crippen LogP contribution in [0.25, 0.3) is 98.8 Å². The summed E-state index contributed by atoms with van der Waals surface area (Å²) >= 11 is 0. The van der Waals surface area contributed by atoms with Gasteiger partial charge in [0.05, 0.1) is 5.69 Å². The van der Waals surface area contributed by atoms with Crippen LogP contribution >= 0.6 is 0 Å². The first kappa shape index (κ1) is 35.7. The molecule has 1 aromatic heterocycles. The number of para-hydroxylation sites is 1. The van der Waals surface area contributed by atoms with Gasteiger partial charge in [0.15, 0.2) is 0 Å². The van der Waals surface area contributed by atoms with Gasteiger partial charge in [0, 0.05) is 33.1 Å². The van der Waals surface area contributed by atoms with E-state index in [9.17, 15) is 0 Å². The molecular formula is C60H39NO. The zero-order chi connectivity index (χ0) is 41.0. The van der Waals surface area contributed by atoms with Gasteiger partial charge in [0.1, 0.15) is 11.2 Å². The van der Waals surface area contributed by atoms with E-state index in [1.54, 1.807) is 0 Å². The summed E-state index contributed by atoms with van der Waals surface area (Å²) in [6.45, 7) is 0. The van der Waals surface area contributed by atoms with Crippen LogP contribution in [0.15, 0.2) is 241 Å². The molecule has 12 aromatic rings. The molecule has 2 nitrogen and oxygen atoms in total. The van der Waals surface area contributed by atoms with Gasteiger partial charge in [-0.2, -0.15) is 0 Å². The highest BCUT2D eigenvalue weighted by molar-refractivity contribution is 6.19. The lowest BCUT2D eigenvalue weighted by Crippen LogP contribution is -2.11. The number of furan rings is 1. The van der Waals surface area contributed by atoms with E-state index in [1.807, 2.05) is 0 Å². The zero-order valence-electron chi connectivity index (χ0n) is 33.9. The normalized spacial score (nSPS) is 11.5. The van der Waals surface area contributed by atoms with E-state index in [4.69, 9.17) is 4.42 Å². The van der Waals surface area contributed by atoms with Gasteiger partial charge >= 0.3 is 0 Å². The molecule has 0 bridgehead atoms. The lowest BCUT2D eigenvalue weighted by Gasteiger charge is -2.28. The molecule has 0 saturated heterocycles. The van der Waals surface area contributed by atoms with E-state index in [0.29, 0.717) is 0 Å². The van der Waals surface area contributed by atoms with Crippen LogP contribution in [0.2, 0.25) is 0 Å². The average molecular weight is 790 g/mol.